The van der Waals surface area contributed by atoms with Crippen molar-refractivity contribution in [2.45, 2.75) is 20.3 Å². The zero-order valence-electron chi connectivity index (χ0n) is 15.7. The Morgan fingerprint density at radius 2 is 1.71 bits per heavy atom. The molecule has 2 N–H and O–H groups in total. The van der Waals surface area contributed by atoms with E-state index in [1.165, 1.54) is 12.1 Å². The van der Waals surface area contributed by atoms with E-state index in [9.17, 15) is 9.50 Å². The Morgan fingerprint density at radius 1 is 1.00 bits per heavy atom. The smallest absolute Gasteiger partial charge is 0.139 e. The summed E-state index contributed by atoms with van der Waals surface area (Å²) in [6, 6.07) is 13.8. The van der Waals surface area contributed by atoms with Crippen LogP contribution < -0.4 is 5.32 Å². The molecule has 142 valence electrons. The Balaban J connectivity index is 1.68. The van der Waals surface area contributed by atoms with E-state index in [2.05, 4.69) is 22.2 Å². The van der Waals surface area contributed by atoms with Crippen LogP contribution in [-0.2, 0) is 6.42 Å². The molecule has 4 rings (SSSR count). The van der Waals surface area contributed by atoms with E-state index in [4.69, 9.17) is 0 Å². The van der Waals surface area contributed by atoms with Gasteiger partial charge in [0, 0.05) is 17.0 Å². The summed E-state index contributed by atoms with van der Waals surface area (Å²) in [6.45, 7) is 4.64. The summed E-state index contributed by atoms with van der Waals surface area (Å²) in [5, 5.41) is 13.8. The molecule has 4 nitrogen and oxygen atoms in total. The normalized spacial score (nSPS) is 11.1. The van der Waals surface area contributed by atoms with Crippen molar-refractivity contribution in [3.63, 3.8) is 0 Å². The van der Waals surface area contributed by atoms with Crippen molar-refractivity contribution in [1.29, 1.82) is 0 Å². The maximum absolute atomic E-state index is 13.4. The lowest BCUT2D eigenvalue weighted by Gasteiger charge is -2.10. The van der Waals surface area contributed by atoms with Crippen molar-refractivity contribution < 1.29 is 9.50 Å². The van der Waals surface area contributed by atoms with E-state index in [0.29, 0.717) is 12.4 Å². The van der Waals surface area contributed by atoms with Crippen LogP contribution in [0.4, 0.5) is 10.2 Å². The highest BCUT2D eigenvalue weighted by Crippen LogP contribution is 2.40. The number of fused-ring (bicyclic) bond motifs is 1. The van der Waals surface area contributed by atoms with Crippen LogP contribution in [0.1, 0.15) is 16.3 Å². The third kappa shape index (κ3) is 3.68. The fourth-order valence-electron chi connectivity index (χ4n) is 3.30. The summed E-state index contributed by atoms with van der Waals surface area (Å²) in [7, 11) is 0. The van der Waals surface area contributed by atoms with Crippen LogP contribution >= 0.6 is 11.3 Å². The predicted octanol–water partition coefficient (Wildman–Crippen LogP) is 5.47. The average Bonchev–Trinajstić information content (AvgIpc) is 2.99. The second kappa shape index (κ2) is 7.56. The molecule has 0 aliphatic rings. The number of anilines is 1. The molecule has 0 atom stereocenters. The lowest BCUT2D eigenvalue weighted by Crippen LogP contribution is -2.08. The van der Waals surface area contributed by atoms with Crippen molar-refractivity contribution in [3.8, 4) is 16.9 Å². The number of phenolic OH excluding ortho intramolecular Hbond substituents is 1. The minimum atomic E-state index is -0.250. The first-order chi connectivity index (χ1) is 13.5. The van der Waals surface area contributed by atoms with E-state index < -0.39 is 0 Å². The fraction of sp³-hybridized carbons (Fsp3) is 0.182. The van der Waals surface area contributed by atoms with Gasteiger partial charge in [0.1, 0.15) is 28.0 Å². The molecule has 0 aliphatic heterocycles. The summed E-state index contributed by atoms with van der Waals surface area (Å²) in [6.07, 6.45) is 0.805. The molecule has 0 aliphatic carbocycles. The van der Waals surface area contributed by atoms with Gasteiger partial charge in [0.2, 0.25) is 0 Å². The molecule has 0 spiro atoms. The second-order valence-electron chi connectivity index (χ2n) is 6.68. The molecule has 0 saturated heterocycles. The Bertz CT molecular complexity index is 1120. The number of aromatic hydroxyl groups is 1. The van der Waals surface area contributed by atoms with Crippen LogP contribution in [0.3, 0.4) is 0 Å². The van der Waals surface area contributed by atoms with Gasteiger partial charge in [0.15, 0.2) is 0 Å². The minimum Gasteiger partial charge on any atom is -0.508 e. The number of aryl methyl sites for hydroxylation is 2. The van der Waals surface area contributed by atoms with Crippen molar-refractivity contribution >= 4 is 27.4 Å². The van der Waals surface area contributed by atoms with E-state index in [0.717, 1.165) is 44.0 Å². The Kier molecular flexibility index (Phi) is 4.96. The largest absolute Gasteiger partial charge is 0.508 e. The molecular formula is C22H20FN3OS. The van der Waals surface area contributed by atoms with Gasteiger partial charge < -0.3 is 10.4 Å². The SMILES string of the molecule is Cc1nc(NCCc2ccc(O)cc2)c2c(-c3ccc(F)cc3)c(C)sc2n1. The quantitative estimate of drug-likeness (QED) is 0.472. The highest BCUT2D eigenvalue weighted by Gasteiger charge is 2.17. The topological polar surface area (TPSA) is 58.0 Å². The first-order valence-electron chi connectivity index (χ1n) is 9.07. The number of hydrogen-bond donors (Lipinski definition) is 2. The molecule has 0 bridgehead atoms. The number of nitrogens with one attached hydrogen (secondary N) is 1. The third-order valence-electron chi connectivity index (χ3n) is 4.61. The number of aromatic nitrogens is 2. The van der Waals surface area contributed by atoms with Crippen LogP contribution in [0.2, 0.25) is 0 Å². The van der Waals surface area contributed by atoms with Gasteiger partial charge in [0.05, 0.1) is 5.39 Å². The zero-order valence-corrected chi connectivity index (χ0v) is 16.5. The maximum atomic E-state index is 13.4. The molecule has 0 unspecified atom stereocenters. The molecule has 4 aromatic rings. The van der Waals surface area contributed by atoms with Crippen LogP contribution in [0.5, 0.6) is 5.75 Å². The first kappa shape index (κ1) is 18.4. The van der Waals surface area contributed by atoms with Crippen LogP contribution in [0, 0.1) is 19.7 Å². The van der Waals surface area contributed by atoms with Gasteiger partial charge in [0.25, 0.3) is 0 Å². The van der Waals surface area contributed by atoms with Crippen LogP contribution in [0.25, 0.3) is 21.3 Å². The summed E-state index contributed by atoms with van der Waals surface area (Å²) >= 11 is 1.62. The van der Waals surface area contributed by atoms with Crippen molar-refractivity contribution in [1.82, 2.24) is 9.97 Å². The van der Waals surface area contributed by atoms with Gasteiger partial charge in [-0.05, 0) is 55.7 Å². The summed E-state index contributed by atoms with van der Waals surface area (Å²) in [5.74, 6) is 1.53. The third-order valence-corrected chi connectivity index (χ3v) is 5.61. The first-order valence-corrected chi connectivity index (χ1v) is 9.88. The number of thiophene rings is 1. The van der Waals surface area contributed by atoms with E-state index >= 15 is 0 Å². The Morgan fingerprint density at radius 3 is 2.43 bits per heavy atom. The van der Waals surface area contributed by atoms with Crippen molar-refractivity contribution in [3.05, 3.63) is 70.6 Å². The molecule has 0 saturated carbocycles. The van der Waals surface area contributed by atoms with Gasteiger partial charge in [-0.25, -0.2) is 14.4 Å². The standard InChI is InChI=1S/C22H20FN3OS/c1-13-19(16-5-7-17(23)8-6-16)20-21(25-14(2)26-22(20)28-13)24-12-11-15-3-9-18(27)10-4-15/h3-10,27H,11-12H2,1-2H3,(H,24,25,26). The van der Waals surface area contributed by atoms with Gasteiger partial charge in [-0.15, -0.1) is 11.3 Å². The van der Waals surface area contributed by atoms with E-state index in [1.807, 2.05) is 19.1 Å². The summed E-state index contributed by atoms with van der Waals surface area (Å²) in [5.41, 5.74) is 3.14. The molecule has 2 aromatic carbocycles. The molecule has 28 heavy (non-hydrogen) atoms. The average molecular weight is 393 g/mol. The second-order valence-corrected chi connectivity index (χ2v) is 7.89. The molecular weight excluding hydrogens is 373 g/mol. The number of hydrogen-bond acceptors (Lipinski definition) is 5. The zero-order chi connectivity index (χ0) is 19.7. The Labute approximate surface area is 166 Å². The lowest BCUT2D eigenvalue weighted by molar-refractivity contribution is 0.475. The molecule has 6 heteroatoms. The molecule has 0 radical (unpaired) electrons. The maximum Gasteiger partial charge on any atom is 0.139 e. The molecule has 2 aromatic heterocycles. The number of halogens is 1. The molecule has 0 amide bonds. The number of benzene rings is 2. The van der Waals surface area contributed by atoms with Crippen LogP contribution in [-0.4, -0.2) is 21.6 Å². The highest BCUT2D eigenvalue weighted by molar-refractivity contribution is 7.19. The van der Waals surface area contributed by atoms with Gasteiger partial charge in [-0.3, -0.25) is 0 Å². The fourth-order valence-corrected chi connectivity index (χ4v) is 4.39. The van der Waals surface area contributed by atoms with E-state index in [1.54, 1.807) is 35.6 Å². The predicted molar refractivity (Wildman–Crippen MR) is 113 cm³/mol. The monoisotopic (exact) mass is 393 g/mol. The number of nitrogens with zero attached hydrogens (tertiary/aromatic N) is 2. The molecule has 2 heterocycles. The van der Waals surface area contributed by atoms with Crippen molar-refractivity contribution in [2.75, 3.05) is 11.9 Å². The summed E-state index contributed by atoms with van der Waals surface area (Å²) < 4.78 is 13.4. The van der Waals surface area contributed by atoms with Gasteiger partial charge in [-0.2, -0.15) is 0 Å². The molecule has 0 fully saturated rings. The minimum absolute atomic E-state index is 0.250. The lowest BCUT2D eigenvalue weighted by atomic mass is 10.0. The van der Waals surface area contributed by atoms with E-state index in [-0.39, 0.29) is 11.6 Å². The van der Waals surface area contributed by atoms with Gasteiger partial charge in [-0.1, -0.05) is 24.3 Å². The number of phenols is 1. The Hall–Kier alpha value is -2.99. The van der Waals surface area contributed by atoms with Crippen molar-refractivity contribution in [2.24, 2.45) is 0 Å². The van der Waals surface area contributed by atoms with Crippen LogP contribution in [0.15, 0.2) is 48.5 Å². The van der Waals surface area contributed by atoms with Gasteiger partial charge >= 0.3 is 0 Å². The number of rotatable bonds is 5. The highest BCUT2D eigenvalue weighted by atomic mass is 32.1. The summed E-state index contributed by atoms with van der Waals surface area (Å²) in [4.78, 5) is 11.3.